The monoisotopic (exact) mass is 272 g/mol. The number of nitrogens with zero attached hydrogens (tertiary/aromatic N) is 2. The number of hydrogen-bond acceptors (Lipinski definition) is 4. The molecule has 0 aliphatic rings. The van der Waals surface area contributed by atoms with Gasteiger partial charge in [0, 0.05) is 6.07 Å². The predicted molar refractivity (Wildman–Crippen MR) is 76.7 cm³/mol. The summed E-state index contributed by atoms with van der Waals surface area (Å²) in [7, 11) is 0. The minimum atomic E-state index is 0.375. The van der Waals surface area contributed by atoms with Crippen molar-refractivity contribution < 1.29 is 9.47 Å². The maximum absolute atomic E-state index is 9.12. The molecule has 20 heavy (non-hydrogen) atoms. The fraction of sp³-hybridized carbons (Fsp3) is 0.500. The van der Waals surface area contributed by atoms with Gasteiger partial charge in [0.15, 0.2) is 0 Å². The van der Waals surface area contributed by atoms with Gasteiger partial charge in [-0.25, -0.2) is 0 Å². The largest absolute Gasteiger partial charge is 0.492 e. The van der Waals surface area contributed by atoms with Gasteiger partial charge in [-0.05, 0) is 18.9 Å². The van der Waals surface area contributed by atoms with Gasteiger partial charge in [0.05, 0.1) is 24.3 Å². The summed E-state index contributed by atoms with van der Waals surface area (Å²) >= 11 is 0. The number of ether oxygens (including phenoxy) is 2. The first-order valence-corrected chi connectivity index (χ1v) is 7.00. The van der Waals surface area contributed by atoms with Crippen LogP contribution in [0.15, 0.2) is 12.1 Å². The quantitative estimate of drug-likeness (QED) is 0.675. The highest BCUT2D eigenvalue weighted by Crippen LogP contribution is 2.29. The van der Waals surface area contributed by atoms with Crippen molar-refractivity contribution >= 4 is 0 Å². The molecule has 1 aromatic carbocycles. The Bertz CT molecular complexity index is 469. The molecular formula is C16H20N2O2. The molecule has 0 unspecified atom stereocenters. The molecule has 1 aromatic rings. The normalized spacial score (nSPS) is 9.60. The van der Waals surface area contributed by atoms with Crippen LogP contribution in [-0.2, 0) is 0 Å². The Hall–Kier alpha value is -2.20. The van der Waals surface area contributed by atoms with Crippen LogP contribution in [0, 0.1) is 22.7 Å². The van der Waals surface area contributed by atoms with Crippen molar-refractivity contribution in [3.8, 4) is 23.6 Å². The Morgan fingerprint density at radius 2 is 1.30 bits per heavy atom. The third kappa shape index (κ3) is 4.48. The molecule has 0 saturated carbocycles. The molecule has 0 fully saturated rings. The number of unbranched alkanes of at least 4 members (excludes halogenated alkanes) is 2. The van der Waals surface area contributed by atoms with Gasteiger partial charge in [0.1, 0.15) is 23.6 Å². The van der Waals surface area contributed by atoms with E-state index in [1.165, 1.54) is 6.07 Å². The maximum Gasteiger partial charge on any atom is 0.140 e. The molecule has 0 amide bonds. The van der Waals surface area contributed by atoms with Crippen LogP contribution in [-0.4, -0.2) is 13.2 Å². The summed E-state index contributed by atoms with van der Waals surface area (Å²) in [5.41, 5.74) is 0.751. The fourth-order valence-corrected chi connectivity index (χ4v) is 1.63. The number of nitriles is 2. The molecule has 0 aliphatic carbocycles. The molecule has 0 spiro atoms. The van der Waals surface area contributed by atoms with Gasteiger partial charge < -0.3 is 9.47 Å². The van der Waals surface area contributed by atoms with Gasteiger partial charge in [-0.15, -0.1) is 0 Å². The van der Waals surface area contributed by atoms with E-state index in [0.29, 0.717) is 35.8 Å². The molecule has 0 bridgehead atoms. The summed E-state index contributed by atoms with van der Waals surface area (Å²) in [5, 5.41) is 18.2. The highest BCUT2D eigenvalue weighted by molar-refractivity contribution is 5.56. The Labute approximate surface area is 120 Å². The molecule has 0 aromatic heterocycles. The lowest BCUT2D eigenvalue weighted by molar-refractivity contribution is 0.293. The van der Waals surface area contributed by atoms with Crippen molar-refractivity contribution in [2.75, 3.05) is 13.2 Å². The average Bonchev–Trinajstić information content (AvgIpc) is 2.48. The van der Waals surface area contributed by atoms with Crippen molar-refractivity contribution in [3.05, 3.63) is 23.3 Å². The van der Waals surface area contributed by atoms with Crippen molar-refractivity contribution in [3.63, 3.8) is 0 Å². The molecule has 0 N–H and O–H groups in total. The molecule has 4 heteroatoms. The molecule has 0 radical (unpaired) electrons. The van der Waals surface area contributed by atoms with E-state index in [-0.39, 0.29) is 0 Å². The second-order valence-corrected chi connectivity index (χ2v) is 4.47. The lowest BCUT2D eigenvalue weighted by Gasteiger charge is -2.12. The van der Waals surface area contributed by atoms with Crippen molar-refractivity contribution in [2.24, 2.45) is 0 Å². The lowest BCUT2D eigenvalue weighted by Crippen LogP contribution is -2.02. The number of benzene rings is 1. The topological polar surface area (TPSA) is 66.0 Å². The first kappa shape index (κ1) is 15.9. The second-order valence-electron chi connectivity index (χ2n) is 4.47. The molecule has 4 nitrogen and oxygen atoms in total. The van der Waals surface area contributed by atoms with Crippen LogP contribution in [0.3, 0.4) is 0 Å². The zero-order valence-electron chi connectivity index (χ0n) is 12.1. The van der Waals surface area contributed by atoms with Crippen molar-refractivity contribution in [1.29, 1.82) is 10.5 Å². The SMILES string of the molecule is CCCCOc1cc(OCCCC)c(C#N)cc1C#N. The van der Waals surface area contributed by atoms with E-state index in [0.717, 1.165) is 25.7 Å². The summed E-state index contributed by atoms with van der Waals surface area (Å²) in [5.74, 6) is 0.984. The first-order valence-electron chi connectivity index (χ1n) is 7.00. The third-order valence-corrected chi connectivity index (χ3v) is 2.83. The van der Waals surface area contributed by atoms with Gasteiger partial charge in [0.2, 0.25) is 0 Å². The van der Waals surface area contributed by atoms with E-state index in [2.05, 4.69) is 26.0 Å². The number of rotatable bonds is 8. The zero-order valence-corrected chi connectivity index (χ0v) is 12.1. The zero-order chi connectivity index (χ0) is 14.8. The second kappa shape index (κ2) is 8.82. The smallest absolute Gasteiger partial charge is 0.140 e. The maximum atomic E-state index is 9.12. The Morgan fingerprint density at radius 3 is 1.65 bits per heavy atom. The Balaban J connectivity index is 2.95. The average molecular weight is 272 g/mol. The van der Waals surface area contributed by atoms with Crippen LogP contribution in [0.25, 0.3) is 0 Å². The Morgan fingerprint density at radius 1 is 0.850 bits per heavy atom. The van der Waals surface area contributed by atoms with E-state index in [9.17, 15) is 0 Å². The fourth-order valence-electron chi connectivity index (χ4n) is 1.63. The van der Waals surface area contributed by atoms with Gasteiger partial charge in [0.25, 0.3) is 0 Å². The minimum absolute atomic E-state index is 0.375. The van der Waals surface area contributed by atoms with E-state index in [4.69, 9.17) is 20.0 Å². The summed E-state index contributed by atoms with van der Waals surface area (Å²) in [6.45, 7) is 5.27. The molecule has 0 heterocycles. The molecule has 0 saturated heterocycles. The molecule has 0 aliphatic heterocycles. The van der Waals surface area contributed by atoms with E-state index in [1.807, 2.05) is 0 Å². The van der Waals surface area contributed by atoms with Crippen LogP contribution in [0.4, 0.5) is 0 Å². The minimum Gasteiger partial charge on any atom is -0.492 e. The molecule has 1 rings (SSSR count). The van der Waals surface area contributed by atoms with Crippen molar-refractivity contribution in [1.82, 2.24) is 0 Å². The van der Waals surface area contributed by atoms with Crippen LogP contribution in [0.1, 0.15) is 50.7 Å². The van der Waals surface area contributed by atoms with Crippen molar-refractivity contribution in [2.45, 2.75) is 39.5 Å². The van der Waals surface area contributed by atoms with Gasteiger partial charge in [-0.1, -0.05) is 26.7 Å². The van der Waals surface area contributed by atoms with Crippen LogP contribution >= 0.6 is 0 Å². The van der Waals surface area contributed by atoms with E-state index < -0.39 is 0 Å². The summed E-state index contributed by atoms with van der Waals surface area (Å²) in [6, 6.07) is 7.31. The highest BCUT2D eigenvalue weighted by atomic mass is 16.5. The predicted octanol–water partition coefficient (Wildman–Crippen LogP) is 3.79. The molecule has 0 atom stereocenters. The van der Waals surface area contributed by atoms with E-state index >= 15 is 0 Å². The first-order chi connectivity index (χ1) is 9.76. The Kier molecular flexibility index (Phi) is 7.00. The third-order valence-electron chi connectivity index (χ3n) is 2.83. The standard InChI is InChI=1S/C16H20N2O2/c1-3-5-7-19-15-10-16(20-8-6-4-2)14(12-18)9-13(15)11-17/h9-10H,3-8H2,1-2H3. The van der Waals surface area contributed by atoms with E-state index in [1.54, 1.807) is 6.07 Å². The molecular weight excluding hydrogens is 252 g/mol. The van der Waals surface area contributed by atoms with Gasteiger partial charge in [-0.2, -0.15) is 10.5 Å². The van der Waals surface area contributed by atoms with Crippen LogP contribution in [0.5, 0.6) is 11.5 Å². The van der Waals surface area contributed by atoms with Crippen LogP contribution < -0.4 is 9.47 Å². The summed E-state index contributed by atoms with van der Waals surface area (Å²) in [4.78, 5) is 0. The molecule has 106 valence electrons. The number of hydrogen-bond donors (Lipinski definition) is 0. The van der Waals surface area contributed by atoms with Gasteiger partial charge in [-0.3, -0.25) is 0 Å². The summed E-state index contributed by atoms with van der Waals surface area (Å²) < 4.78 is 11.2. The highest BCUT2D eigenvalue weighted by Gasteiger charge is 2.12. The lowest BCUT2D eigenvalue weighted by atomic mass is 10.1. The van der Waals surface area contributed by atoms with Crippen LogP contribution in [0.2, 0.25) is 0 Å². The van der Waals surface area contributed by atoms with Gasteiger partial charge >= 0.3 is 0 Å². The summed E-state index contributed by atoms with van der Waals surface area (Å²) in [6.07, 6.45) is 3.91.